The second kappa shape index (κ2) is 29.7. The Hall–Kier alpha value is -2.16. The van der Waals surface area contributed by atoms with Crippen molar-refractivity contribution in [3.05, 3.63) is 0 Å². The van der Waals surface area contributed by atoms with Crippen molar-refractivity contribution in [2.45, 2.75) is 34.6 Å². The van der Waals surface area contributed by atoms with E-state index in [1.54, 1.807) is 6.92 Å². The Kier molecular flexibility index (Phi) is 47.1. The van der Waals surface area contributed by atoms with E-state index >= 15 is 0 Å². The molecule has 0 unspecified atom stereocenters. The van der Waals surface area contributed by atoms with Gasteiger partial charge in [0.2, 0.25) is 0 Å². The minimum Gasteiger partial charge on any atom is -0.481 e. The first-order valence-electron chi connectivity index (χ1n) is 4.73. The highest BCUT2D eigenvalue weighted by Crippen LogP contribution is 1.43. The molecule has 0 rings (SSSR count). The molecule has 0 bridgehead atoms. The summed E-state index contributed by atoms with van der Waals surface area (Å²) in [4.78, 5) is 36.0. The number of aliphatic hydroxyl groups excluding tert-OH is 1. The Morgan fingerprint density at radius 1 is 0.632 bits per heavy atom. The van der Waals surface area contributed by atoms with E-state index in [0.717, 1.165) is 27.7 Å². The number of carbonyl (C=O) groups is 4. The van der Waals surface area contributed by atoms with Crippen LogP contribution in [-0.4, -0.2) is 56.0 Å². The van der Waals surface area contributed by atoms with Gasteiger partial charge in [-0.25, -0.2) is 0 Å². The van der Waals surface area contributed by atoms with Crippen LogP contribution in [0.15, 0.2) is 0 Å². The SMILES string of the molecule is CC(=O)O.CC(=O)O.CC(=O)O.CC(=O)O.CCO. The highest BCUT2D eigenvalue weighted by Gasteiger charge is 1.66. The van der Waals surface area contributed by atoms with Gasteiger partial charge < -0.3 is 25.5 Å². The molecular weight excluding hydrogens is 264 g/mol. The van der Waals surface area contributed by atoms with Gasteiger partial charge in [0.05, 0.1) is 0 Å². The lowest BCUT2D eigenvalue weighted by atomic mass is 10.9. The van der Waals surface area contributed by atoms with E-state index in [0.29, 0.717) is 0 Å². The van der Waals surface area contributed by atoms with Gasteiger partial charge in [0.25, 0.3) is 23.9 Å². The lowest BCUT2D eigenvalue weighted by molar-refractivity contribution is -0.135. The molecule has 0 aromatic rings. The largest absolute Gasteiger partial charge is 0.481 e. The quantitative estimate of drug-likeness (QED) is 0.421. The summed E-state index contributed by atoms with van der Waals surface area (Å²) < 4.78 is 0. The Bertz CT molecular complexity index is 171. The van der Waals surface area contributed by atoms with Gasteiger partial charge in [-0.2, -0.15) is 0 Å². The summed E-state index contributed by atoms with van der Waals surface area (Å²) in [5.41, 5.74) is 0. The molecule has 0 fully saturated rings. The van der Waals surface area contributed by atoms with E-state index in [4.69, 9.17) is 44.7 Å². The van der Waals surface area contributed by atoms with Crippen molar-refractivity contribution in [3.8, 4) is 0 Å². The minimum absolute atomic E-state index is 0.250. The number of hydrogen-bond acceptors (Lipinski definition) is 5. The van der Waals surface area contributed by atoms with Crippen LogP contribution < -0.4 is 0 Å². The molecule has 5 N–H and O–H groups in total. The number of aliphatic hydroxyl groups is 1. The summed E-state index contributed by atoms with van der Waals surface area (Å²) in [6.45, 7) is 6.26. The van der Waals surface area contributed by atoms with Crippen molar-refractivity contribution in [2.24, 2.45) is 0 Å². The molecule has 9 heteroatoms. The summed E-state index contributed by atoms with van der Waals surface area (Å²) in [7, 11) is 0. The van der Waals surface area contributed by atoms with Crippen LogP contribution in [0.25, 0.3) is 0 Å². The van der Waals surface area contributed by atoms with Gasteiger partial charge in [0.1, 0.15) is 0 Å². The maximum absolute atomic E-state index is 9.00. The van der Waals surface area contributed by atoms with Gasteiger partial charge in [-0.1, -0.05) is 0 Å². The second-order valence-electron chi connectivity index (χ2n) is 2.39. The lowest BCUT2D eigenvalue weighted by Gasteiger charge is -1.59. The molecule has 0 aliphatic rings. The van der Waals surface area contributed by atoms with E-state index in [-0.39, 0.29) is 6.61 Å². The molecule has 0 aliphatic carbocycles. The van der Waals surface area contributed by atoms with Crippen molar-refractivity contribution in [3.63, 3.8) is 0 Å². The van der Waals surface area contributed by atoms with Crippen molar-refractivity contribution in [2.75, 3.05) is 6.61 Å². The van der Waals surface area contributed by atoms with Gasteiger partial charge in [-0.3, -0.25) is 19.2 Å². The number of hydrogen-bond donors (Lipinski definition) is 5. The average molecular weight is 286 g/mol. The van der Waals surface area contributed by atoms with Crippen molar-refractivity contribution in [1.82, 2.24) is 0 Å². The lowest BCUT2D eigenvalue weighted by Crippen LogP contribution is -1.78. The highest BCUT2D eigenvalue weighted by atomic mass is 16.4. The van der Waals surface area contributed by atoms with Crippen LogP contribution in [0.5, 0.6) is 0 Å². The monoisotopic (exact) mass is 286 g/mol. The fourth-order valence-corrected chi connectivity index (χ4v) is 0. The van der Waals surface area contributed by atoms with E-state index in [2.05, 4.69) is 0 Å². The van der Waals surface area contributed by atoms with Crippen LogP contribution in [0.3, 0.4) is 0 Å². The Morgan fingerprint density at radius 2 is 0.632 bits per heavy atom. The zero-order valence-electron chi connectivity index (χ0n) is 11.6. The number of aliphatic carboxylic acids is 4. The molecule has 0 atom stereocenters. The molecule has 116 valence electrons. The van der Waals surface area contributed by atoms with Crippen molar-refractivity contribution < 1.29 is 44.7 Å². The third kappa shape index (κ3) is 650. The molecule has 0 saturated heterocycles. The normalized spacial score (nSPS) is 6.21. The van der Waals surface area contributed by atoms with E-state index < -0.39 is 23.9 Å². The molecule has 0 aromatic heterocycles. The fourth-order valence-electron chi connectivity index (χ4n) is 0. The minimum atomic E-state index is -0.833. The first-order valence-corrected chi connectivity index (χ1v) is 4.73. The fraction of sp³-hybridized carbons (Fsp3) is 0.600. The van der Waals surface area contributed by atoms with Crippen LogP contribution in [0.4, 0.5) is 0 Å². The van der Waals surface area contributed by atoms with Crippen LogP contribution in [0, 0.1) is 0 Å². The highest BCUT2D eigenvalue weighted by molar-refractivity contribution is 5.63. The predicted molar refractivity (Wildman–Crippen MR) is 66.0 cm³/mol. The van der Waals surface area contributed by atoms with E-state index in [1.165, 1.54) is 0 Å². The van der Waals surface area contributed by atoms with Gasteiger partial charge in [-0.15, -0.1) is 0 Å². The van der Waals surface area contributed by atoms with Crippen LogP contribution >= 0.6 is 0 Å². The van der Waals surface area contributed by atoms with Gasteiger partial charge in [0.15, 0.2) is 0 Å². The molecule has 0 aromatic carbocycles. The molecule has 0 saturated carbocycles. The second-order valence-corrected chi connectivity index (χ2v) is 2.39. The Labute approximate surface area is 111 Å². The van der Waals surface area contributed by atoms with Gasteiger partial charge in [0, 0.05) is 34.3 Å². The predicted octanol–water partition coefficient (Wildman–Crippen LogP) is 0.362. The first kappa shape index (κ1) is 30.1. The van der Waals surface area contributed by atoms with Crippen LogP contribution in [-0.2, 0) is 19.2 Å². The maximum Gasteiger partial charge on any atom is 0.300 e. The number of carboxylic acids is 4. The summed E-state index contributed by atoms with van der Waals surface area (Å²) in [5, 5.41) is 37.2. The molecule has 0 aliphatic heterocycles. The molecule has 19 heavy (non-hydrogen) atoms. The molecule has 0 radical (unpaired) electrons. The van der Waals surface area contributed by atoms with Crippen molar-refractivity contribution in [1.29, 1.82) is 0 Å². The first-order chi connectivity index (χ1) is 8.34. The van der Waals surface area contributed by atoms with Crippen LogP contribution in [0.2, 0.25) is 0 Å². The zero-order chi connectivity index (χ0) is 17.0. The third-order valence-corrected chi connectivity index (χ3v) is 0. The Morgan fingerprint density at radius 3 is 0.632 bits per heavy atom. The smallest absolute Gasteiger partial charge is 0.300 e. The summed E-state index contributed by atoms with van der Waals surface area (Å²) in [6.07, 6.45) is 0. The summed E-state index contributed by atoms with van der Waals surface area (Å²) >= 11 is 0. The van der Waals surface area contributed by atoms with Crippen LogP contribution in [0.1, 0.15) is 34.6 Å². The Balaban J connectivity index is -0.0000000432. The molecule has 0 spiro atoms. The zero-order valence-corrected chi connectivity index (χ0v) is 11.6. The maximum atomic E-state index is 9.00. The summed E-state index contributed by atoms with van der Waals surface area (Å²) in [6, 6.07) is 0. The van der Waals surface area contributed by atoms with Crippen molar-refractivity contribution >= 4 is 23.9 Å². The molecule has 0 heterocycles. The molecular formula is C10H22O9. The molecule has 0 amide bonds. The van der Waals surface area contributed by atoms with Gasteiger partial charge in [-0.05, 0) is 6.92 Å². The topological polar surface area (TPSA) is 169 Å². The van der Waals surface area contributed by atoms with E-state index in [9.17, 15) is 0 Å². The standard InChI is InChI=1S/4C2H4O2.C2H6O/c4*1-2(3)4;1-2-3/h4*1H3,(H,3,4);3H,2H2,1H3. The average Bonchev–Trinajstić information content (AvgIpc) is 1.97. The summed E-state index contributed by atoms with van der Waals surface area (Å²) in [5.74, 6) is -3.33. The number of carboxylic acid groups (broad SMARTS) is 4. The molecule has 9 nitrogen and oxygen atoms in total. The van der Waals surface area contributed by atoms with Gasteiger partial charge >= 0.3 is 0 Å². The third-order valence-electron chi connectivity index (χ3n) is 0. The number of rotatable bonds is 0. The van der Waals surface area contributed by atoms with E-state index in [1.807, 2.05) is 0 Å².